The van der Waals surface area contributed by atoms with Gasteiger partial charge in [0.15, 0.2) is 10.8 Å². The molecule has 34 heavy (non-hydrogen) atoms. The molecular weight excluding hydrogens is 480 g/mol. The van der Waals surface area contributed by atoms with Gasteiger partial charge in [-0.2, -0.15) is 18.3 Å². The lowest BCUT2D eigenvalue weighted by molar-refractivity contribution is -0.137. The van der Waals surface area contributed by atoms with E-state index in [-0.39, 0.29) is 39.4 Å². The zero-order valence-electron chi connectivity index (χ0n) is 17.5. The summed E-state index contributed by atoms with van der Waals surface area (Å²) in [6, 6.07) is 2.05. The third kappa shape index (κ3) is 4.31. The molecule has 4 rings (SSSR count). The van der Waals surface area contributed by atoms with Gasteiger partial charge in [0, 0.05) is 25.0 Å². The number of halogens is 4. The van der Waals surface area contributed by atoms with E-state index in [1.165, 1.54) is 25.7 Å². The van der Waals surface area contributed by atoms with Crippen LogP contribution in [0.4, 0.5) is 22.7 Å². The summed E-state index contributed by atoms with van der Waals surface area (Å²) in [6.07, 6.45) is -3.81. The van der Waals surface area contributed by atoms with E-state index in [9.17, 15) is 31.9 Å². The lowest BCUT2D eigenvalue weighted by Crippen LogP contribution is -2.38. The van der Waals surface area contributed by atoms with Crippen molar-refractivity contribution in [2.24, 2.45) is 14.1 Å². The maximum Gasteiger partial charge on any atom is 0.416 e. The average molecular weight is 494 g/mol. The molecule has 4 aromatic rings. The highest BCUT2D eigenvalue weighted by Gasteiger charge is 2.31. The second kappa shape index (κ2) is 8.44. The van der Waals surface area contributed by atoms with Gasteiger partial charge in [-0.25, -0.2) is 14.2 Å². The number of carbonyl (C=O) groups excluding carboxylic acids is 1. The third-order valence-corrected chi connectivity index (χ3v) is 5.70. The van der Waals surface area contributed by atoms with E-state index in [2.05, 4.69) is 20.5 Å². The second-order valence-corrected chi connectivity index (χ2v) is 8.12. The largest absolute Gasteiger partial charge is 0.416 e. The highest BCUT2D eigenvalue weighted by molar-refractivity contribution is 7.14. The highest BCUT2D eigenvalue weighted by Crippen LogP contribution is 2.34. The Balaban J connectivity index is 1.60. The van der Waals surface area contributed by atoms with Crippen LogP contribution in [-0.4, -0.2) is 30.2 Å². The molecular formula is C20H14F4N6O3S. The van der Waals surface area contributed by atoms with Crippen LogP contribution in [0.3, 0.4) is 0 Å². The Hall–Kier alpha value is -3.94. The lowest BCUT2D eigenvalue weighted by atomic mass is 10.1. The van der Waals surface area contributed by atoms with Crippen molar-refractivity contribution in [3.05, 3.63) is 67.6 Å². The van der Waals surface area contributed by atoms with E-state index in [4.69, 9.17) is 0 Å². The van der Waals surface area contributed by atoms with Gasteiger partial charge in [0.25, 0.3) is 5.56 Å². The molecule has 1 aromatic carbocycles. The molecule has 0 aliphatic rings. The molecule has 0 bridgehead atoms. The van der Waals surface area contributed by atoms with Crippen LogP contribution in [0, 0.1) is 5.82 Å². The molecule has 14 heteroatoms. The first-order valence-corrected chi connectivity index (χ1v) is 10.4. The Morgan fingerprint density at radius 1 is 1.15 bits per heavy atom. The van der Waals surface area contributed by atoms with Crippen molar-refractivity contribution >= 4 is 33.4 Å². The number of aryl methyl sites for hydroxylation is 1. The van der Waals surface area contributed by atoms with E-state index in [0.29, 0.717) is 6.07 Å². The molecule has 0 saturated heterocycles. The smallest absolute Gasteiger partial charge is 0.302 e. The zero-order chi connectivity index (χ0) is 24.8. The van der Waals surface area contributed by atoms with Gasteiger partial charge < -0.3 is 5.32 Å². The molecule has 0 aliphatic heterocycles. The van der Waals surface area contributed by atoms with Crippen LogP contribution in [-0.2, 0) is 31.5 Å². The maximum atomic E-state index is 13.7. The Bertz CT molecular complexity index is 1560. The van der Waals surface area contributed by atoms with Crippen molar-refractivity contribution in [2.75, 3.05) is 5.32 Å². The first-order chi connectivity index (χ1) is 16.0. The minimum absolute atomic E-state index is 0.0153. The van der Waals surface area contributed by atoms with E-state index < -0.39 is 34.7 Å². The van der Waals surface area contributed by atoms with Crippen molar-refractivity contribution in [1.82, 2.24) is 24.3 Å². The molecule has 0 saturated carbocycles. The number of fused-ring (bicyclic) bond motifs is 1. The van der Waals surface area contributed by atoms with Gasteiger partial charge in [-0.05, 0) is 23.8 Å². The molecule has 0 spiro atoms. The van der Waals surface area contributed by atoms with Gasteiger partial charge in [0.1, 0.15) is 5.82 Å². The summed E-state index contributed by atoms with van der Waals surface area (Å²) in [5.74, 6) is -1.67. The standard InChI is InChI=1S/C20H14F4N6O3S/c1-29-16-15(17(32)30(2)19(29)33)10(7-25-28-16)5-14(31)27-18-26-13(8-34-18)9-3-11(20(22,23)24)6-12(21)4-9/h3-4,6-8H,5H2,1-2H3,(H,26,27,31). The van der Waals surface area contributed by atoms with Gasteiger partial charge in [0.2, 0.25) is 5.91 Å². The van der Waals surface area contributed by atoms with Gasteiger partial charge in [-0.3, -0.25) is 18.7 Å². The second-order valence-electron chi connectivity index (χ2n) is 7.26. The minimum atomic E-state index is -4.73. The zero-order valence-corrected chi connectivity index (χ0v) is 18.3. The number of nitrogens with one attached hydrogen (secondary N) is 1. The molecule has 0 atom stereocenters. The van der Waals surface area contributed by atoms with E-state index in [0.717, 1.165) is 32.6 Å². The Morgan fingerprint density at radius 3 is 2.59 bits per heavy atom. The molecule has 0 aliphatic carbocycles. The lowest BCUT2D eigenvalue weighted by Gasteiger charge is -2.09. The molecule has 9 nitrogen and oxygen atoms in total. The predicted octanol–water partition coefficient (Wildman–Crippen LogP) is 2.49. The quantitative estimate of drug-likeness (QED) is 0.437. The number of alkyl halides is 3. The number of carbonyl (C=O) groups is 1. The number of hydrogen-bond donors (Lipinski definition) is 1. The topological polar surface area (TPSA) is 112 Å². The molecule has 3 heterocycles. The Labute approximate surface area is 191 Å². The fourth-order valence-electron chi connectivity index (χ4n) is 3.28. The minimum Gasteiger partial charge on any atom is -0.302 e. The molecule has 1 N–H and O–H groups in total. The number of hydrogen-bond acceptors (Lipinski definition) is 7. The van der Waals surface area contributed by atoms with Crippen LogP contribution < -0.4 is 16.6 Å². The van der Waals surface area contributed by atoms with Crippen LogP contribution in [0.5, 0.6) is 0 Å². The number of nitrogens with zero attached hydrogens (tertiary/aromatic N) is 5. The number of thiazole rings is 1. The summed E-state index contributed by atoms with van der Waals surface area (Å²) < 4.78 is 54.6. The predicted molar refractivity (Wildman–Crippen MR) is 115 cm³/mol. The molecule has 0 fully saturated rings. The van der Waals surface area contributed by atoms with Gasteiger partial charge >= 0.3 is 11.9 Å². The fraction of sp³-hybridized carbons (Fsp3) is 0.200. The van der Waals surface area contributed by atoms with E-state index >= 15 is 0 Å². The van der Waals surface area contributed by atoms with Crippen LogP contribution >= 0.6 is 11.3 Å². The average Bonchev–Trinajstić information content (AvgIpc) is 3.23. The third-order valence-electron chi connectivity index (χ3n) is 4.94. The monoisotopic (exact) mass is 494 g/mol. The van der Waals surface area contributed by atoms with Crippen molar-refractivity contribution in [3.63, 3.8) is 0 Å². The number of benzene rings is 1. The number of amides is 1. The van der Waals surface area contributed by atoms with Crippen LogP contribution in [0.25, 0.3) is 22.3 Å². The Morgan fingerprint density at radius 2 is 1.88 bits per heavy atom. The van der Waals surface area contributed by atoms with Gasteiger partial charge in [-0.15, -0.1) is 16.4 Å². The van der Waals surface area contributed by atoms with Gasteiger partial charge in [0.05, 0.1) is 29.3 Å². The molecule has 0 unspecified atom stereocenters. The first kappa shape index (κ1) is 23.2. The van der Waals surface area contributed by atoms with Crippen LogP contribution in [0.1, 0.15) is 11.1 Å². The number of anilines is 1. The normalized spacial score (nSPS) is 11.7. The summed E-state index contributed by atoms with van der Waals surface area (Å²) in [7, 11) is 2.71. The summed E-state index contributed by atoms with van der Waals surface area (Å²) in [5, 5.41) is 11.5. The molecule has 0 radical (unpaired) electrons. The first-order valence-electron chi connectivity index (χ1n) is 9.49. The maximum absolute atomic E-state index is 13.7. The summed E-state index contributed by atoms with van der Waals surface area (Å²) in [6.45, 7) is 0. The summed E-state index contributed by atoms with van der Waals surface area (Å²) in [4.78, 5) is 41.3. The van der Waals surface area contributed by atoms with Crippen molar-refractivity contribution < 1.29 is 22.4 Å². The van der Waals surface area contributed by atoms with Crippen molar-refractivity contribution in [1.29, 1.82) is 0 Å². The van der Waals surface area contributed by atoms with Gasteiger partial charge in [-0.1, -0.05) is 0 Å². The summed E-state index contributed by atoms with van der Waals surface area (Å²) >= 11 is 0.930. The fourth-order valence-corrected chi connectivity index (χ4v) is 4.02. The SMILES string of the molecule is Cn1c(=O)c2c(CC(=O)Nc3nc(-c4cc(F)cc(C(F)(F)F)c4)cs3)cnnc2n(C)c1=O. The van der Waals surface area contributed by atoms with E-state index in [1.54, 1.807) is 0 Å². The summed E-state index contributed by atoms with van der Waals surface area (Å²) in [5.41, 5.74) is -2.22. The van der Waals surface area contributed by atoms with Crippen LogP contribution in [0.15, 0.2) is 39.4 Å². The molecule has 176 valence electrons. The molecule has 1 amide bonds. The Kier molecular flexibility index (Phi) is 5.77. The van der Waals surface area contributed by atoms with Crippen molar-refractivity contribution in [2.45, 2.75) is 12.6 Å². The highest BCUT2D eigenvalue weighted by atomic mass is 32.1. The van der Waals surface area contributed by atoms with Crippen molar-refractivity contribution in [3.8, 4) is 11.3 Å². The van der Waals surface area contributed by atoms with Crippen LogP contribution in [0.2, 0.25) is 0 Å². The molecule has 3 aromatic heterocycles. The number of rotatable bonds is 4. The van der Waals surface area contributed by atoms with E-state index in [1.807, 2.05) is 0 Å². The number of aromatic nitrogens is 5.